The minimum Gasteiger partial charge on any atom is -0.368 e. The van der Waals surface area contributed by atoms with Gasteiger partial charge in [-0.05, 0) is 24.6 Å². The number of nitrogens with zero attached hydrogens (tertiary/aromatic N) is 1. The van der Waals surface area contributed by atoms with Crippen molar-refractivity contribution in [2.45, 2.75) is 6.92 Å². The maximum Gasteiger partial charge on any atom is 0.218 e. The summed E-state index contributed by atoms with van der Waals surface area (Å²) in [6, 6.07) is 5.36. The topological polar surface area (TPSA) is 70.6 Å². The molecule has 0 heterocycles. The predicted octanol–water partition coefficient (Wildman–Crippen LogP) is 1.57. The summed E-state index contributed by atoms with van der Waals surface area (Å²) in [6.07, 6.45) is 0. The van der Waals surface area contributed by atoms with Crippen LogP contribution in [-0.4, -0.2) is 11.2 Å². The van der Waals surface area contributed by atoms with Crippen LogP contribution in [0.15, 0.2) is 23.2 Å². The van der Waals surface area contributed by atoms with E-state index in [1.165, 1.54) is 0 Å². The highest BCUT2D eigenvalue weighted by Crippen LogP contribution is 2.25. The summed E-state index contributed by atoms with van der Waals surface area (Å²) >= 11 is 5.83. The van der Waals surface area contributed by atoms with E-state index < -0.39 is 0 Å². The number of halogens is 1. The van der Waals surface area contributed by atoms with Gasteiger partial charge in [0.05, 0.1) is 10.7 Å². The Bertz CT molecular complexity index is 338. The van der Waals surface area contributed by atoms with Crippen LogP contribution in [0.2, 0.25) is 5.02 Å². The van der Waals surface area contributed by atoms with E-state index in [4.69, 9.17) is 22.5 Å². The number of hydroxylamine groups is 1. The van der Waals surface area contributed by atoms with Crippen molar-refractivity contribution in [2.24, 2.45) is 10.7 Å². The van der Waals surface area contributed by atoms with Gasteiger partial charge in [0.15, 0.2) is 0 Å². The van der Waals surface area contributed by atoms with Crippen LogP contribution in [0, 0.1) is 6.92 Å². The molecule has 70 valence electrons. The van der Waals surface area contributed by atoms with Crippen LogP contribution in [0.3, 0.4) is 0 Å². The van der Waals surface area contributed by atoms with Crippen LogP contribution in [0.25, 0.3) is 0 Å². The Balaban J connectivity index is 3.07. The van der Waals surface area contributed by atoms with Gasteiger partial charge in [-0.1, -0.05) is 17.7 Å². The molecule has 0 unspecified atom stereocenters. The van der Waals surface area contributed by atoms with Gasteiger partial charge in [0.25, 0.3) is 0 Å². The molecule has 0 radical (unpaired) electrons. The van der Waals surface area contributed by atoms with Gasteiger partial charge in [-0.25, -0.2) is 10.5 Å². The number of hydrogen-bond donors (Lipinski definition) is 3. The first kappa shape index (κ1) is 9.83. The Morgan fingerprint density at radius 1 is 1.62 bits per heavy atom. The van der Waals surface area contributed by atoms with Crippen molar-refractivity contribution in [3.63, 3.8) is 0 Å². The number of aryl methyl sites for hydroxylation is 1. The maximum atomic E-state index is 8.41. The Morgan fingerprint density at radius 2 is 2.31 bits per heavy atom. The van der Waals surface area contributed by atoms with E-state index in [-0.39, 0.29) is 5.96 Å². The van der Waals surface area contributed by atoms with Gasteiger partial charge in [-0.2, -0.15) is 0 Å². The zero-order chi connectivity index (χ0) is 9.84. The first-order valence-corrected chi connectivity index (χ1v) is 4.01. The molecule has 0 amide bonds. The lowest BCUT2D eigenvalue weighted by molar-refractivity contribution is 0.233. The number of benzene rings is 1. The Morgan fingerprint density at radius 3 is 2.92 bits per heavy atom. The molecule has 0 fully saturated rings. The van der Waals surface area contributed by atoms with E-state index in [1.807, 2.05) is 13.0 Å². The van der Waals surface area contributed by atoms with Crippen molar-refractivity contribution in [3.05, 3.63) is 28.8 Å². The highest BCUT2D eigenvalue weighted by atomic mass is 35.5. The second-order valence-corrected chi connectivity index (χ2v) is 2.97. The molecule has 1 aromatic rings. The molecule has 0 spiro atoms. The van der Waals surface area contributed by atoms with Gasteiger partial charge in [0, 0.05) is 0 Å². The summed E-state index contributed by atoms with van der Waals surface area (Å²) in [5.41, 5.74) is 8.53. The molecule has 0 aromatic heterocycles. The molecule has 0 aliphatic carbocycles. The molecule has 0 bridgehead atoms. The summed E-state index contributed by atoms with van der Waals surface area (Å²) in [5, 5.41) is 8.90. The molecule has 1 aromatic carbocycles. The van der Waals surface area contributed by atoms with E-state index in [9.17, 15) is 0 Å². The molecule has 0 saturated carbocycles. The number of nitrogens with one attached hydrogen (secondary N) is 1. The van der Waals surface area contributed by atoms with Crippen LogP contribution in [0.4, 0.5) is 5.69 Å². The fourth-order valence-corrected chi connectivity index (χ4v) is 1.02. The lowest BCUT2D eigenvalue weighted by Gasteiger charge is -2.01. The molecule has 4 N–H and O–H groups in total. The molecule has 1 rings (SSSR count). The summed E-state index contributed by atoms with van der Waals surface area (Å²) < 4.78 is 0. The lowest BCUT2D eigenvalue weighted by atomic mass is 10.2. The third-order valence-electron chi connectivity index (χ3n) is 1.46. The van der Waals surface area contributed by atoms with E-state index in [0.717, 1.165) is 5.56 Å². The summed E-state index contributed by atoms with van der Waals surface area (Å²) in [5.74, 6) is -0.0903. The second kappa shape index (κ2) is 4.11. The van der Waals surface area contributed by atoms with E-state index >= 15 is 0 Å². The van der Waals surface area contributed by atoms with Crippen molar-refractivity contribution in [1.29, 1.82) is 0 Å². The van der Waals surface area contributed by atoms with Crippen LogP contribution in [0.5, 0.6) is 0 Å². The molecule has 0 aliphatic heterocycles. The summed E-state index contributed by atoms with van der Waals surface area (Å²) in [7, 11) is 0. The predicted molar refractivity (Wildman–Crippen MR) is 52.4 cm³/mol. The first-order valence-electron chi connectivity index (χ1n) is 3.64. The minimum atomic E-state index is -0.0903. The number of hydrogen-bond acceptors (Lipinski definition) is 2. The number of aliphatic imine (C=N–C) groups is 1. The third-order valence-corrected chi connectivity index (χ3v) is 1.78. The Labute approximate surface area is 81.0 Å². The lowest BCUT2D eigenvalue weighted by Crippen LogP contribution is -2.27. The van der Waals surface area contributed by atoms with Crippen LogP contribution in [-0.2, 0) is 0 Å². The average molecular weight is 200 g/mol. The third kappa shape index (κ3) is 2.61. The summed E-state index contributed by atoms with van der Waals surface area (Å²) in [4.78, 5) is 3.84. The Kier molecular flexibility index (Phi) is 3.11. The molecule has 0 saturated heterocycles. The van der Waals surface area contributed by atoms with Crippen molar-refractivity contribution in [2.75, 3.05) is 0 Å². The van der Waals surface area contributed by atoms with Crippen molar-refractivity contribution >= 4 is 23.2 Å². The highest BCUT2D eigenvalue weighted by molar-refractivity contribution is 6.33. The molecule has 5 heteroatoms. The zero-order valence-electron chi connectivity index (χ0n) is 7.08. The monoisotopic (exact) mass is 199 g/mol. The quantitative estimate of drug-likeness (QED) is 0.365. The fraction of sp³-hybridized carbons (Fsp3) is 0.125. The standard InChI is InChI=1S/C8H10ClN3O/c1-5-2-3-6(9)7(4-5)11-8(10)12-13/h2-4,13H,1H3,(H3,10,11,12). The molecule has 4 nitrogen and oxygen atoms in total. The molecule has 0 atom stereocenters. The van der Waals surface area contributed by atoms with Gasteiger partial charge < -0.3 is 5.73 Å². The molecular formula is C8H10ClN3O. The Hall–Kier alpha value is -1.26. The van der Waals surface area contributed by atoms with Gasteiger partial charge in [0.1, 0.15) is 0 Å². The first-order chi connectivity index (χ1) is 6.13. The van der Waals surface area contributed by atoms with E-state index in [1.54, 1.807) is 17.6 Å². The van der Waals surface area contributed by atoms with E-state index in [0.29, 0.717) is 10.7 Å². The number of guanidine groups is 1. The molecular weight excluding hydrogens is 190 g/mol. The van der Waals surface area contributed by atoms with Crippen molar-refractivity contribution in [3.8, 4) is 0 Å². The molecule has 0 aliphatic rings. The van der Waals surface area contributed by atoms with Crippen LogP contribution in [0.1, 0.15) is 5.56 Å². The maximum absolute atomic E-state index is 8.41. The second-order valence-electron chi connectivity index (χ2n) is 2.56. The number of rotatable bonds is 1. The smallest absolute Gasteiger partial charge is 0.218 e. The van der Waals surface area contributed by atoms with Gasteiger partial charge >= 0.3 is 0 Å². The average Bonchev–Trinajstić information content (AvgIpc) is 2.11. The SMILES string of the molecule is Cc1ccc(Cl)c(N=C(N)NO)c1. The fourth-order valence-electron chi connectivity index (χ4n) is 0.863. The van der Waals surface area contributed by atoms with Crippen molar-refractivity contribution in [1.82, 2.24) is 5.48 Å². The summed E-state index contributed by atoms with van der Waals surface area (Å²) in [6.45, 7) is 1.91. The molecule has 13 heavy (non-hydrogen) atoms. The number of nitrogens with two attached hydrogens (primary N) is 1. The van der Waals surface area contributed by atoms with E-state index in [2.05, 4.69) is 4.99 Å². The largest absolute Gasteiger partial charge is 0.368 e. The van der Waals surface area contributed by atoms with Gasteiger partial charge in [-0.15, -0.1) is 0 Å². The normalized spacial score (nSPS) is 11.5. The minimum absolute atomic E-state index is 0.0903. The van der Waals surface area contributed by atoms with Gasteiger partial charge in [-0.3, -0.25) is 5.21 Å². The van der Waals surface area contributed by atoms with Crippen molar-refractivity contribution < 1.29 is 5.21 Å². The van der Waals surface area contributed by atoms with Crippen LogP contribution >= 0.6 is 11.6 Å². The van der Waals surface area contributed by atoms with Crippen LogP contribution < -0.4 is 11.2 Å². The van der Waals surface area contributed by atoms with Gasteiger partial charge in [0.2, 0.25) is 5.96 Å². The highest BCUT2D eigenvalue weighted by Gasteiger charge is 1.99. The zero-order valence-corrected chi connectivity index (χ0v) is 7.84.